The van der Waals surface area contributed by atoms with Crippen LogP contribution in [0.2, 0.25) is 5.02 Å². The molecule has 0 fully saturated rings. The Kier molecular flexibility index (Phi) is 6.13. The molecule has 1 atom stereocenters. The van der Waals surface area contributed by atoms with Crippen LogP contribution in [0.25, 0.3) is 0 Å². The van der Waals surface area contributed by atoms with Gasteiger partial charge in [-0.3, -0.25) is 0 Å². The molecule has 18 heavy (non-hydrogen) atoms. The standard InChI is InChI=1S/C15H24ClNO/c1-4-9-15(2,12-18)11-17(3)10-13-5-7-14(16)8-6-13/h5-8,18H,4,9-12H2,1-3H3. The zero-order valence-electron chi connectivity index (χ0n) is 11.6. The number of benzene rings is 1. The predicted octanol–water partition coefficient (Wildman–Crippen LogP) is 3.57. The first kappa shape index (κ1) is 15.5. The van der Waals surface area contributed by atoms with Gasteiger partial charge >= 0.3 is 0 Å². The van der Waals surface area contributed by atoms with Gasteiger partial charge in [0.2, 0.25) is 0 Å². The van der Waals surface area contributed by atoms with E-state index in [0.29, 0.717) is 0 Å². The van der Waals surface area contributed by atoms with Crippen molar-refractivity contribution in [2.24, 2.45) is 5.41 Å². The Morgan fingerprint density at radius 2 is 1.89 bits per heavy atom. The molecule has 1 aromatic rings. The summed E-state index contributed by atoms with van der Waals surface area (Å²) in [6, 6.07) is 7.94. The summed E-state index contributed by atoms with van der Waals surface area (Å²) >= 11 is 5.87. The highest BCUT2D eigenvalue weighted by molar-refractivity contribution is 6.30. The van der Waals surface area contributed by atoms with Crippen molar-refractivity contribution in [1.29, 1.82) is 0 Å². The van der Waals surface area contributed by atoms with Crippen molar-refractivity contribution in [3.05, 3.63) is 34.9 Å². The minimum Gasteiger partial charge on any atom is -0.396 e. The van der Waals surface area contributed by atoms with Crippen LogP contribution in [0.1, 0.15) is 32.3 Å². The predicted molar refractivity (Wildman–Crippen MR) is 77.9 cm³/mol. The third-order valence-corrected chi connectivity index (χ3v) is 3.50. The number of aliphatic hydroxyl groups excluding tert-OH is 1. The molecule has 1 aromatic carbocycles. The molecule has 0 heterocycles. The van der Waals surface area contributed by atoms with Crippen LogP contribution in [0, 0.1) is 5.41 Å². The van der Waals surface area contributed by atoms with Gasteiger partial charge in [-0.1, -0.05) is 44.0 Å². The van der Waals surface area contributed by atoms with E-state index in [0.717, 1.165) is 31.0 Å². The van der Waals surface area contributed by atoms with Gasteiger partial charge in [0.25, 0.3) is 0 Å². The van der Waals surface area contributed by atoms with Gasteiger partial charge in [-0.05, 0) is 31.2 Å². The van der Waals surface area contributed by atoms with Crippen LogP contribution in [0.5, 0.6) is 0 Å². The van der Waals surface area contributed by atoms with Crippen molar-refractivity contribution in [3.8, 4) is 0 Å². The van der Waals surface area contributed by atoms with Gasteiger partial charge in [0.1, 0.15) is 0 Å². The minimum atomic E-state index is -0.00404. The third kappa shape index (κ3) is 4.97. The Morgan fingerprint density at radius 1 is 1.28 bits per heavy atom. The number of aliphatic hydroxyl groups is 1. The van der Waals surface area contributed by atoms with E-state index in [1.807, 2.05) is 12.1 Å². The summed E-state index contributed by atoms with van der Waals surface area (Å²) in [5, 5.41) is 10.3. The molecule has 0 saturated carbocycles. The Bertz CT molecular complexity index is 352. The van der Waals surface area contributed by atoms with Crippen LogP contribution in [-0.2, 0) is 6.54 Å². The first-order chi connectivity index (χ1) is 8.49. The van der Waals surface area contributed by atoms with Crippen LogP contribution in [0.4, 0.5) is 0 Å². The summed E-state index contributed by atoms with van der Waals surface area (Å²) < 4.78 is 0. The summed E-state index contributed by atoms with van der Waals surface area (Å²) in [5.41, 5.74) is 1.24. The van der Waals surface area contributed by atoms with E-state index in [9.17, 15) is 5.11 Å². The fraction of sp³-hybridized carbons (Fsp3) is 0.600. The number of hydrogen-bond acceptors (Lipinski definition) is 2. The second kappa shape index (κ2) is 7.13. The summed E-state index contributed by atoms with van der Waals surface area (Å²) in [5.74, 6) is 0. The van der Waals surface area contributed by atoms with Gasteiger partial charge in [0, 0.05) is 30.1 Å². The first-order valence-corrected chi connectivity index (χ1v) is 6.91. The van der Waals surface area contributed by atoms with E-state index in [1.54, 1.807) is 0 Å². The average molecular weight is 270 g/mol. The normalized spacial score (nSPS) is 14.8. The lowest BCUT2D eigenvalue weighted by Gasteiger charge is -2.32. The fourth-order valence-electron chi connectivity index (χ4n) is 2.42. The molecule has 2 nitrogen and oxygen atoms in total. The van der Waals surface area contributed by atoms with Crippen LogP contribution in [0.15, 0.2) is 24.3 Å². The molecule has 0 aliphatic heterocycles. The molecule has 0 radical (unpaired) electrons. The topological polar surface area (TPSA) is 23.5 Å². The van der Waals surface area contributed by atoms with Crippen LogP contribution in [0.3, 0.4) is 0 Å². The zero-order valence-corrected chi connectivity index (χ0v) is 12.4. The monoisotopic (exact) mass is 269 g/mol. The Morgan fingerprint density at radius 3 is 2.39 bits per heavy atom. The second-order valence-corrected chi connectivity index (χ2v) is 5.95. The van der Waals surface area contributed by atoms with Gasteiger partial charge in [0.15, 0.2) is 0 Å². The molecular weight excluding hydrogens is 246 g/mol. The van der Waals surface area contributed by atoms with Gasteiger partial charge in [0.05, 0.1) is 0 Å². The molecular formula is C15H24ClNO. The van der Waals surface area contributed by atoms with E-state index < -0.39 is 0 Å². The van der Waals surface area contributed by atoms with E-state index in [-0.39, 0.29) is 12.0 Å². The highest BCUT2D eigenvalue weighted by atomic mass is 35.5. The van der Waals surface area contributed by atoms with Crippen LogP contribution >= 0.6 is 11.6 Å². The number of nitrogens with zero attached hydrogens (tertiary/aromatic N) is 1. The lowest BCUT2D eigenvalue weighted by molar-refractivity contribution is 0.0878. The maximum absolute atomic E-state index is 9.52. The Labute approximate surface area is 116 Å². The molecule has 0 bridgehead atoms. The van der Waals surface area contributed by atoms with Gasteiger partial charge < -0.3 is 10.0 Å². The van der Waals surface area contributed by atoms with Crippen LogP contribution in [-0.4, -0.2) is 30.2 Å². The number of halogens is 1. The third-order valence-electron chi connectivity index (χ3n) is 3.25. The largest absolute Gasteiger partial charge is 0.396 e. The minimum absolute atomic E-state index is 0.00404. The maximum atomic E-state index is 9.52. The van der Waals surface area contributed by atoms with Gasteiger partial charge in [-0.15, -0.1) is 0 Å². The molecule has 0 spiro atoms. The summed E-state index contributed by atoms with van der Waals surface area (Å²) in [6.07, 6.45) is 2.15. The summed E-state index contributed by atoms with van der Waals surface area (Å²) in [7, 11) is 2.10. The van der Waals surface area contributed by atoms with Gasteiger partial charge in [-0.25, -0.2) is 0 Å². The van der Waals surface area contributed by atoms with Crippen molar-refractivity contribution in [3.63, 3.8) is 0 Å². The SMILES string of the molecule is CCCC(C)(CO)CN(C)Cc1ccc(Cl)cc1. The smallest absolute Gasteiger partial charge is 0.0497 e. The van der Waals surface area contributed by atoms with Crippen molar-refractivity contribution in [2.45, 2.75) is 33.2 Å². The highest BCUT2D eigenvalue weighted by Gasteiger charge is 2.24. The summed E-state index contributed by atoms with van der Waals surface area (Å²) in [4.78, 5) is 2.26. The van der Waals surface area contributed by atoms with E-state index >= 15 is 0 Å². The first-order valence-electron chi connectivity index (χ1n) is 6.53. The van der Waals surface area contributed by atoms with Crippen molar-refractivity contribution >= 4 is 11.6 Å². The Hall–Kier alpha value is -0.570. The highest BCUT2D eigenvalue weighted by Crippen LogP contribution is 2.24. The van der Waals surface area contributed by atoms with Crippen LogP contribution < -0.4 is 0 Å². The van der Waals surface area contributed by atoms with Crippen molar-refractivity contribution < 1.29 is 5.11 Å². The molecule has 0 aromatic heterocycles. The van der Waals surface area contributed by atoms with Crippen molar-refractivity contribution in [2.75, 3.05) is 20.2 Å². The number of hydrogen-bond donors (Lipinski definition) is 1. The molecule has 1 rings (SSSR count). The maximum Gasteiger partial charge on any atom is 0.0497 e. The lowest BCUT2D eigenvalue weighted by atomic mass is 9.86. The van der Waals surface area contributed by atoms with E-state index in [4.69, 9.17) is 11.6 Å². The van der Waals surface area contributed by atoms with Gasteiger partial charge in [-0.2, -0.15) is 0 Å². The van der Waals surface area contributed by atoms with E-state index in [1.165, 1.54) is 5.56 Å². The number of rotatable bonds is 7. The Balaban J connectivity index is 2.54. The zero-order chi connectivity index (χ0) is 13.6. The lowest BCUT2D eigenvalue weighted by Crippen LogP contribution is -2.35. The second-order valence-electron chi connectivity index (χ2n) is 5.52. The molecule has 0 saturated heterocycles. The molecule has 1 unspecified atom stereocenters. The van der Waals surface area contributed by atoms with E-state index in [2.05, 4.69) is 37.9 Å². The molecule has 102 valence electrons. The molecule has 1 N–H and O–H groups in total. The quantitative estimate of drug-likeness (QED) is 0.818. The molecule has 0 amide bonds. The fourth-order valence-corrected chi connectivity index (χ4v) is 2.55. The molecule has 0 aliphatic carbocycles. The molecule has 3 heteroatoms. The average Bonchev–Trinajstić information content (AvgIpc) is 2.32. The summed E-state index contributed by atoms with van der Waals surface area (Å²) in [6.45, 7) is 6.34. The van der Waals surface area contributed by atoms with Crippen molar-refractivity contribution in [1.82, 2.24) is 4.90 Å². The molecule has 0 aliphatic rings.